The monoisotopic (exact) mass is 342 g/mol. The van der Waals surface area contributed by atoms with Crippen molar-refractivity contribution >= 4 is 34.8 Å². The highest BCUT2D eigenvalue weighted by atomic mass is 35.5. The number of benzene rings is 2. The lowest BCUT2D eigenvalue weighted by Crippen LogP contribution is -2.28. The van der Waals surface area contributed by atoms with E-state index < -0.39 is 0 Å². The third kappa shape index (κ3) is 3.44. The summed E-state index contributed by atoms with van der Waals surface area (Å²) < 4.78 is 0. The van der Waals surface area contributed by atoms with Gasteiger partial charge in [-0.25, -0.2) is 0 Å². The molecule has 1 saturated heterocycles. The summed E-state index contributed by atoms with van der Waals surface area (Å²) in [4.78, 5) is 26.4. The predicted octanol–water partition coefficient (Wildman–Crippen LogP) is 3.95. The van der Waals surface area contributed by atoms with Crippen molar-refractivity contribution in [2.24, 2.45) is 5.92 Å². The van der Waals surface area contributed by atoms with E-state index in [1.54, 1.807) is 17.0 Å². The lowest BCUT2D eigenvalue weighted by molar-refractivity contribution is -0.122. The first-order valence-electron chi connectivity index (χ1n) is 7.88. The van der Waals surface area contributed by atoms with Gasteiger partial charge in [-0.05, 0) is 49.2 Å². The molecule has 3 rings (SSSR count). The number of hydrogen-bond acceptors (Lipinski definition) is 2. The molecule has 2 amide bonds. The molecular weight excluding hydrogens is 324 g/mol. The van der Waals surface area contributed by atoms with Crippen LogP contribution in [-0.2, 0) is 9.59 Å². The average molecular weight is 343 g/mol. The molecule has 1 unspecified atom stereocenters. The third-order valence-corrected chi connectivity index (χ3v) is 4.45. The molecule has 1 aliphatic rings. The molecule has 0 aromatic heterocycles. The van der Waals surface area contributed by atoms with Gasteiger partial charge in [-0.3, -0.25) is 9.59 Å². The van der Waals surface area contributed by atoms with Crippen LogP contribution in [0.4, 0.5) is 11.4 Å². The van der Waals surface area contributed by atoms with Crippen LogP contribution in [-0.4, -0.2) is 18.4 Å². The molecule has 124 valence electrons. The van der Waals surface area contributed by atoms with Gasteiger partial charge in [-0.1, -0.05) is 29.8 Å². The fourth-order valence-electron chi connectivity index (χ4n) is 3.08. The molecule has 24 heavy (non-hydrogen) atoms. The van der Waals surface area contributed by atoms with Crippen LogP contribution in [0.5, 0.6) is 0 Å². The number of halogens is 1. The summed E-state index contributed by atoms with van der Waals surface area (Å²) >= 11 is 6.17. The maximum atomic E-state index is 12.5. The van der Waals surface area contributed by atoms with Crippen LogP contribution in [0, 0.1) is 19.8 Å². The van der Waals surface area contributed by atoms with E-state index >= 15 is 0 Å². The van der Waals surface area contributed by atoms with Crippen molar-refractivity contribution in [3.63, 3.8) is 0 Å². The van der Waals surface area contributed by atoms with Crippen molar-refractivity contribution in [2.75, 3.05) is 16.8 Å². The molecule has 0 bridgehead atoms. The molecule has 5 heteroatoms. The van der Waals surface area contributed by atoms with Gasteiger partial charge in [0, 0.05) is 18.7 Å². The minimum Gasteiger partial charge on any atom is -0.326 e. The molecular formula is C19H19ClN2O2. The highest BCUT2D eigenvalue weighted by molar-refractivity contribution is 6.33. The second kappa shape index (κ2) is 6.65. The highest BCUT2D eigenvalue weighted by Crippen LogP contribution is 2.31. The van der Waals surface area contributed by atoms with Gasteiger partial charge < -0.3 is 10.2 Å². The first kappa shape index (κ1) is 16.5. The molecule has 1 N–H and O–H groups in total. The second-order valence-corrected chi connectivity index (χ2v) is 6.63. The molecule has 0 aliphatic carbocycles. The topological polar surface area (TPSA) is 49.4 Å². The summed E-state index contributed by atoms with van der Waals surface area (Å²) in [5, 5.41) is 3.44. The maximum absolute atomic E-state index is 12.5. The van der Waals surface area contributed by atoms with Gasteiger partial charge in [0.05, 0.1) is 16.6 Å². The lowest BCUT2D eigenvalue weighted by Gasteiger charge is -2.18. The minimum atomic E-state index is -0.380. The van der Waals surface area contributed by atoms with E-state index in [1.807, 2.05) is 44.2 Å². The van der Waals surface area contributed by atoms with Gasteiger partial charge in [-0.15, -0.1) is 0 Å². The molecule has 1 heterocycles. The summed E-state index contributed by atoms with van der Waals surface area (Å²) in [6.45, 7) is 4.32. The Hall–Kier alpha value is -2.33. The minimum absolute atomic E-state index is 0.0799. The molecule has 0 radical (unpaired) electrons. The number of aryl methyl sites for hydroxylation is 2. The van der Waals surface area contributed by atoms with Gasteiger partial charge in [0.15, 0.2) is 0 Å². The molecule has 4 nitrogen and oxygen atoms in total. The summed E-state index contributed by atoms with van der Waals surface area (Å²) in [5.41, 5.74) is 3.60. The van der Waals surface area contributed by atoms with Gasteiger partial charge >= 0.3 is 0 Å². The Balaban J connectivity index is 1.73. The van der Waals surface area contributed by atoms with Crippen molar-refractivity contribution in [3.05, 3.63) is 58.6 Å². The fraction of sp³-hybridized carbons (Fsp3) is 0.263. The zero-order valence-electron chi connectivity index (χ0n) is 13.7. The van der Waals surface area contributed by atoms with Crippen molar-refractivity contribution < 1.29 is 9.59 Å². The number of amides is 2. The molecule has 2 aromatic rings. The Morgan fingerprint density at radius 3 is 2.50 bits per heavy atom. The number of carbonyl (C=O) groups is 2. The van der Waals surface area contributed by atoms with Crippen molar-refractivity contribution in [1.29, 1.82) is 0 Å². The smallest absolute Gasteiger partial charge is 0.229 e. The van der Waals surface area contributed by atoms with Crippen LogP contribution in [0.15, 0.2) is 42.5 Å². The van der Waals surface area contributed by atoms with E-state index in [1.165, 1.54) is 0 Å². The maximum Gasteiger partial charge on any atom is 0.229 e. The van der Waals surface area contributed by atoms with E-state index in [4.69, 9.17) is 11.6 Å². The first-order chi connectivity index (χ1) is 11.4. The van der Waals surface area contributed by atoms with E-state index in [-0.39, 0.29) is 24.2 Å². The van der Waals surface area contributed by atoms with E-state index in [2.05, 4.69) is 5.32 Å². The number of nitrogens with zero attached hydrogens (tertiary/aromatic N) is 1. The second-order valence-electron chi connectivity index (χ2n) is 6.22. The third-order valence-electron chi connectivity index (χ3n) is 4.13. The van der Waals surface area contributed by atoms with Crippen molar-refractivity contribution in [2.45, 2.75) is 20.3 Å². The Bertz CT molecular complexity index is 783. The Kier molecular flexibility index (Phi) is 4.58. The number of nitrogens with one attached hydrogen (secondary N) is 1. The molecule has 2 aromatic carbocycles. The van der Waals surface area contributed by atoms with Gasteiger partial charge in [-0.2, -0.15) is 0 Å². The van der Waals surface area contributed by atoms with E-state index in [9.17, 15) is 9.59 Å². The SMILES string of the molecule is Cc1cc(C)cc(NC(=O)C2CC(=O)N(c3ccccc3Cl)C2)c1. The number of anilines is 2. The van der Waals surface area contributed by atoms with Crippen LogP contribution in [0.3, 0.4) is 0 Å². The van der Waals surface area contributed by atoms with Crippen LogP contribution in [0.1, 0.15) is 17.5 Å². The van der Waals surface area contributed by atoms with Crippen LogP contribution in [0.2, 0.25) is 5.02 Å². The Labute approximate surface area is 146 Å². The number of hydrogen-bond donors (Lipinski definition) is 1. The zero-order valence-corrected chi connectivity index (χ0v) is 14.4. The summed E-state index contributed by atoms with van der Waals surface area (Å²) in [7, 11) is 0. The lowest BCUT2D eigenvalue weighted by atomic mass is 10.1. The highest BCUT2D eigenvalue weighted by Gasteiger charge is 2.35. The summed E-state index contributed by atoms with van der Waals surface area (Å²) in [6, 6.07) is 13.1. The normalized spacial score (nSPS) is 17.2. The van der Waals surface area contributed by atoms with E-state index in [0.29, 0.717) is 17.3 Å². The molecule has 1 fully saturated rings. The summed E-state index contributed by atoms with van der Waals surface area (Å²) in [5.74, 6) is -0.596. The molecule has 0 spiro atoms. The van der Waals surface area contributed by atoms with Crippen LogP contribution < -0.4 is 10.2 Å². The standard InChI is InChI=1S/C19H19ClN2O2/c1-12-7-13(2)9-15(8-12)21-19(24)14-10-18(23)22(11-14)17-6-4-3-5-16(17)20/h3-9,14H,10-11H2,1-2H3,(H,21,24). The number of rotatable bonds is 3. The largest absolute Gasteiger partial charge is 0.326 e. The molecule has 1 aliphatic heterocycles. The average Bonchev–Trinajstić information content (AvgIpc) is 2.88. The van der Waals surface area contributed by atoms with Gasteiger partial charge in [0.1, 0.15) is 0 Å². The van der Waals surface area contributed by atoms with Crippen molar-refractivity contribution in [3.8, 4) is 0 Å². The Morgan fingerprint density at radius 2 is 1.83 bits per heavy atom. The quantitative estimate of drug-likeness (QED) is 0.918. The first-order valence-corrected chi connectivity index (χ1v) is 8.26. The van der Waals surface area contributed by atoms with E-state index in [0.717, 1.165) is 16.8 Å². The van der Waals surface area contributed by atoms with Crippen molar-refractivity contribution in [1.82, 2.24) is 0 Å². The molecule has 1 atom stereocenters. The fourth-order valence-corrected chi connectivity index (χ4v) is 3.32. The molecule has 0 saturated carbocycles. The van der Waals surface area contributed by atoms with Gasteiger partial charge in [0.2, 0.25) is 11.8 Å². The summed E-state index contributed by atoms with van der Waals surface area (Å²) in [6.07, 6.45) is 0.196. The van der Waals surface area contributed by atoms with Crippen LogP contribution in [0.25, 0.3) is 0 Å². The predicted molar refractivity (Wildman–Crippen MR) is 96.5 cm³/mol. The number of para-hydroxylation sites is 1. The zero-order chi connectivity index (χ0) is 17.3. The number of carbonyl (C=O) groups excluding carboxylic acids is 2. The van der Waals surface area contributed by atoms with Crippen LogP contribution >= 0.6 is 11.6 Å². The Morgan fingerprint density at radius 1 is 1.17 bits per heavy atom. The van der Waals surface area contributed by atoms with Gasteiger partial charge in [0.25, 0.3) is 0 Å².